The number of hydrogen-bond acceptors (Lipinski definition) is 5. The Labute approximate surface area is 134 Å². The number of rotatable bonds is 6. The average Bonchev–Trinajstić information content (AvgIpc) is 2.41. The number of carbonyl (C=O) groups excluding carboxylic acids is 1. The van der Waals surface area contributed by atoms with E-state index < -0.39 is 11.8 Å². The normalized spacial score (nSPS) is 15.3. The lowest BCUT2D eigenvalue weighted by Gasteiger charge is -2.37. The van der Waals surface area contributed by atoms with Crippen LogP contribution in [0.25, 0.3) is 0 Å². The fourth-order valence-electron chi connectivity index (χ4n) is 2.24. The van der Waals surface area contributed by atoms with Crippen LogP contribution >= 0.6 is 23.2 Å². The van der Waals surface area contributed by atoms with Crippen molar-refractivity contribution >= 4 is 34.9 Å². The molecule has 0 saturated heterocycles. The lowest BCUT2D eigenvalue weighted by atomic mass is 9.90. The summed E-state index contributed by atoms with van der Waals surface area (Å²) in [6.45, 7) is 3.60. The minimum atomic E-state index is -1.31. The molecule has 5 nitrogen and oxygen atoms in total. The van der Waals surface area contributed by atoms with E-state index in [0.29, 0.717) is 18.5 Å². The molecule has 0 aromatic heterocycles. The van der Waals surface area contributed by atoms with Crippen molar-refractivity contribution < 1.29 is 14.3 Å². The first-order chi connectivity index (χ1) is 9.78. The minimum absolute atomic E-state index is 0.202. The molecule has 2 unspecified atom stereocenters. The molecule has 2 atom stereocenters. The zero-order chi connectivity index (χ0) is 16.2. The fourth-order valence-corrected chi connectivity index (χ4v) is 2.73. The molecule has 1 aromatic carbocycles. The third kappa shape index (κ3) is 3.80. The molecule has 0 aliphatic rings. The van der Waals surface area contributed by atoms with E-state index in [-0.39, 0.29) is 21.7 Å². The number of nitrogens with two attached hydrogens (primary N) is 2. The maximum Gasteiger partial charge on any atom is 0.305 e. The molecule has 21 heavy (non-hydrogen) atoms. The van der Waals surface area contributed by atoms with Crippen LogP contribution in [0.4, 0.5) is 5.69 Å². The first-order valence-corrected chi connectivity index (χ1v) is 7.23. The van der Waals surface area contributed by atoms with Gasteiger partial charge in [0.15, 0.2) is 0 Å². The summed E-state index contributed by atoms with van der Waals surface area (Å²) in [5, 5.41) is 0.539. The summed E-state index contributed by atoms with van der Waals surface area (Å²) in [4.78, 5) is 11.5. The molecule has 0 fully saturated rings. The van der Waals surface area contributed by atoms with Crippen molar-refractivity contribution in [1.29, 1.82) is 0 Å². The summed E-state index contributed by atoms with van der Waals surface area (Å²) < 4.78 is 11.0. The van der Waals surface area contributed by atoms with Crippen molar-refractivity contribution in [3.05, 3.63) is 27.7 Å². The molecule has 1 aromatic rings. The number of benzene rings is 1. The van der Waals surface area contributed by atoms with Gasteiger partial charge in [-0.05, 0) is 25.1 Å². The van der Waals surface area contributed by atoms with Gasteiger partial charge < -0.3 is 20.9 Å². The quantitative estimate of drug-likeness (QED) is 0.474. The zero-order valence-electron chi connectivity index (χ0n) is 12.3. The highest BCUT2D eigenvalue weighted by Gasteiger charge is 2.42. The van der Waals surface area contributed by atoms with Crippen molar-refractivity contribution in [2.75, 3.05) is 19.4 Å². The van der Waals surface area contributed by atoms with Crippen LogP contribution in [0.1, 0.15) is 25.8 Å². The molecule has 0 spiro atoms. The number of anilines is 1. The number of carbonyl (C=O) groups is 1. The number of hydrogen-bond donors (Lipinski definition) is 2. The van der Waals surface area contributed by atoms with E-state index in [9.17, 15) is 4.79 Å². The van der Waals surface area contributed by atoms with E-state index in [4.69, 9.17) is 44.1 Å². The molecule has 1 rings (SSSR count). The molecule has 0 aliphatic heterocycles. The SMILES string of the molecule is COC(OC(C)=O)(c1cc(Cl)c(N)c(Cl)c1)C(C)CCN. The van der Waals surface area contributed by atoms with Crippen LogP contribution < -0.4 is 11.5 Å². The summed E-state index contributed by atoms with van der Waals surface area (Å²) in [7, 11) is 1.45. The van der Waals surface area contributed by atoms with Gasteiger partial charge >= 0.3 is 5.97 Å². The maximum atomic E-state index is 11.5. The molecule has 0 radical (unpaired) electrons. The molecule has 0 amide bonds. The van der Waals surface area contributed by atoms with Crippen molar-refractivity contribution in [3.63, 3.8) is 0 Å². The molecule has 118 valence electrons. The third-order valence-electron chi connectivity index (χ3n) is 3.33. The van der Waals surface area contributed by atoms with Crippen LogP contribution in [0.2, 0.25) is 10.0 Å². The molecular formula is C14H20Cl2N2O3. The number of esters is 1. The predicted molar refractivity (Wildman–Crippen MR) is 84.2 cm³/mol. The smallest absolute Gasteiger partial charge is 0.305 e. The Morgan fingerprint density at radius 2 is 1.90 bits per heavy atom. The van der Waals surface area contributed by atoms with Gasteiger partial charge in [-0.1, -0.05) is 30.1 Å². The zero-order valence-corrected chi connectivity index (χ0v) is 13.8. The third-order valence-corrected chi connectivity index (χ3v) is 3.95. The highest BCUT2D eigenvalue weighted by molar-refractivity contribution is 6.38. The van der Waals surface area contributed by atoms with E-state index in [2.05, 4.69) is 0 Å². The fraction of sp³-hybridized carbons (Fsp3) is 0.500. The molecule has 0 bridgehead atoms. The van der Waals surface area contributed by atoms with Crippen LogP contribution in [0.5, 0.6) is 0 Å². The second-order valence-electron chi connectivity index (χ2n) is 4.80. The monoisotopic (exact) mass is 334 g/mol. The van der Waals surface area contributed by atoms with E-state index >= 15 is 0 Å². The lowest BCUT2D eigenvalue weighted by molar-refractivity contribution is -0.250. The highest BCUT2D eigenvalue weighted by Crippen LogP contribution is 2.41. The van der Waals surface area contributed by atoms with Crippen LogP contribution in [0, 0.1) is 5.92 Å². The Hall–Kier alpha value is -1.01. The van der Waals surface area contributed by atoms with Gasteiger partial charge in [0.05, 0.1) is 15.7 Å². The Morgan fingerprint density at radius 1 is 1.38 bits per heavy atom. The summed E-state index contributed by atoms with van der Waals surface area (Å²) in [5.74, 6) is -2.00. The van der Waals surface area contributed by atoms with E-state index in [1.807, 2.05) is 6.92 Å². The van der Waals surface area contributed by atoms with E-state index in [0.717, 1.165) is 0 Å². The molecular weight excluding hydrogens is 315 g/mol. The Balaban J connectivity index is 3.44. The van der Waals surface area contributed by atoms with Crippen molar-refractivity contribution in [2.45, 2.75) is 26.1 Å². The standard InChI is InChI=1S/C14H20Cl2N2O3/c1-8(4-5-17)14(20-3,21-9(2)19)10-6-11(15)13(18)12(16)7-10/h6-8H,4-5,17-18H2,1-3H3. The number of halogens is 2. The largest absolute Gasteiger partial charge is 0.428 e. The summed E-state index contributed by atoms with van der Waals surface area (Å²) in [6, 6.07) is 3.17. The van der Waals surface area contributed by atoms with Crippen molar-refractivity contribution in [3.8, 4) is 0 Å². The second-order valence-corrected chi connectivity index (χ2v) is 5.61. The topological polar surface area (TPSA) is 87.6 Å². The first-order valence-electron chi connectivity index (χ1n) is 6.48. The van der Waals surface area contributed by atoms with E-state index in [1.165, 1.54) is 14.0 Å². The second kappa shape index (κ2) is 7.31. The minimum Gasteiger partial charge on any atom is -0.428 e. The molecule has 4 N–H and O–H groups in total. The van der Waals surface area contributed by atoms with Gasteiger partial charge in [0.25, 0.3) is 0 Å². The first kappa shape index (κ1) is 18.0. The Morgan fingerprint density at radius 3 is 2.29 bits per heavy atom. The lowest BCUT2D eigenvalue weighted by Crippen LogP contribution is -2.41. The average molecular weight is 335 g/mol. The Kier molecular flexibility index (Phi) is 6.28. The highest BCUT2D eigenvalue weighted by atomic mass is 35.5. The summed E-state index contributed by atoms with van der Waals surface area (Å²) in [6.07, 6.45) is 0.584. The van der Waals surface area contributed by atoms with Gasteiger partial charge in [-0.3, -0.25) is 4.79 Å². The number of methoxy groups -OCH3 is 1. The summed E-state index contributed by atoms with van der Waals surface area (Å²) in [5.41, 5.74) is 12.1. The molecule has 0 aliphatic carbocycles. The van der Waals surface area contributed by atoms with Crippen molar-refractivity contribution in [1.82, 2.24) is 0 Å². The van der Waals surface area contributed by atoms with Gasteiger partial charge in [0.2, 0.25) is 5.79 Å². The van der Waals surface area contributed by atoms with Gasteiger partial charge in [0.1, 0.15) is 0 Å². The molecule has 7 heteroatoms. The van der Waals surface area contributed by atoms with Gasteiger partial charge in [-0.25, -0.2) is 0 Å². The Bertz CT molecular complexity index is 502. The van der Waals surface area contributed by atoms with Gasteiger partial charge in [0, 0.05) is 25.5 Å². The molecule has 0 saturated carbocycles. The van der Waals surface area contributed by atoms with Gasteiger partial charge in [-0.2, -0.15) is 0 Å². The van der Waals surface area contributed by atoms with E-state index in [1.54, 1.807) is 12.1 Å². The molecule has 0 heterocycles. The summed E-state index contributed by atoms with van der Waals surface area (Å²) >= 11 is 12.1. The predicted octanol–water partition coefficient (Wildman–Crippen LogP) is 2.92. The van der Waals surface area contributed by atoms with Crippen molar-refractivity contribution in [2.24, 2.45) is 11.7 Å². The van der Waals surface area contributed by atoms with Gasteiger partial charge in [-0.15, -0.1) is 0 Å². The van der Waals surface area contributed by atoms with Crippen LogP contribution in [-0.4, -0.2) is 19.6 Å². The van der Waals surface area contributed by atoms with Crippen LogP contribution in [0.15, 0.2) is 12.1 Å². The van der Waals surface area contributed by atoms with Crippen LogP contribution in [0.3, 0.4) is 0 Å². The number of nitrogen functional groups attached to an aromatic ring is 1. The number of ether oxygens (including phenoxy) is 2. The van der Waals surface area contributed by atoms with Crippen LogP contribution in [-0.2, 0) is 20.1 Å². The maximum absolute atomic E-state index is 11.5.